The summed E-state index contributed by atoms with van der Waals surface area (Å²) >= 11 is 0. The molecule has 0 bridgehead atoms. The molecule has 1 heterocycles. The third kappa shape index (κ3) is 1.22. The van der Waals surface area contributed by atoms with E-state index in [-0.39, 0.29) is 0 Å². The molecule has 0 fully saturated rings. The lowest BCUT2D eigenvalue weighted by molar-refractivity contribution is 0.979. The number of rotatable bonds is 0. The Morgan fingerprint density at radius 3 is 3.38 bits per heavy atom. The molecule has 0 aromatic heterocycles. The molecule has 0 aromatic carbocycles. The van der Waals surface area contributed by atoms with Gasteiger partial charge in [-0.1, -0.05) is 6.08 Å². The van der Waals surface area contributed by atoms with Gasteiger partial charge in [0, 0.05) is 6.20 Å². The molecule has 0 amide bonds. The average molecular weight is 108 g/mol. The van der Waals surface area contributed by atoms with E-state index in [0.29, 0.717) is 0 Å². The van der Waals surface area contributed by atoms with Crippen LogP contribution in [0.4, 0.5) is 0 Å². The van der Waals surface area contributed by atoms with E-state index < -0.39 is 0 Å². The molecule has 2 nitrogen and oxygen atoms in total. The highest BCUT2D eigenvalue weighted by atomic mass is 15.3. The highest BCUT2D eigenvalue weighted by Gasteiger charge is 1.80. The molecule has 0 aliphatic carbocycles. The van der Waals surface area contributed by atoms with Crippen LogP contribution in [-0.4, -0.2) is 6.21 Å². The Hall–Kier alpha value is -1.05. The third-order valence-corrected chi connectivity index (χ3v) is 0.873. The van der Waals surface area contributed by atoms with E-state index in [0.717, 1.165) is 5.57 Å². The van der Waals surface area contributed by atoms with Crippen molar-refractivity contribution in [2.75, 3.05) is 0 Å². The van der Waals surface area contributed by atoms with Gasteiger partial charge in [-0.3, -0.25) is 5.43 Å². The molecule has 0 spiro atoms. The van der Waals surface area contributed by atoms with Crippen molar-refractivity contribution < 1.29 is 0 Å². The normalized spacial score (nSPS) is 16.9. The molecule has 0 unspecified atom stereocenters. The molecule has 0 saturated carbocycles. The number of hydrogen-bond donors (Lipinski definition) is 1. The van der Waals surface area contributed by atoms with Crippen molar-refractivity contribution in [3.8, 4) is 0 Å². The van der Waals surface area contributed by atoms with Crippen molar-refractivity contribution in [3.63, 3.8) is 0 Å². The van der Waals surface area contributed by atoms with E-state index >= 15 is 0 Å². The van der Waals surface area contributed by atoms with Crippen molar-refractivity contribution in [2.45, 2.75) is 6.92 Å². The lowest BCUT2D eigenvalue weighted by atomic mass is 10.3. The molecular weight excluding hydrogens is 100 g/mol. The van der Waals surface area contributed by atoms with Crippen LogP contribution < -0.4 is 5.43 Å². The van der Waals surface area contributed by atoms with Gasteiger partial charge in [0.15, 0.2) is 0 Å². The van der Waals surface area contributed by atoms with Crippen LogP contribution >= 0.6 is 0 Å². The van der Waals surface area contributed by atoms with Crippen molar-refractivity contribution in [2.24, 2.45) is 5.10 Å². The maximum Gasteiger partial charge on any atom is 0.0501 e. The summed E-state index contributed by atoms with van der Waals surface area (Å²) < 4.78 is 0. The average Bonchev–Trinajstić information content (AvgIpc) is 1.94. The zero-order valence-electron chi connectivity index (χ0n) is 4.76. The maximum absolute atomic E-state index is 3.82. The first-order valence-corrected chi connectivity index (χ1v) is 2.51. The van der Waals surface area contributed by atoms with Crippen LogP contribution in [0.25, 0.3) is 0 Å². The van der Waals surface area contributed by atoms with Gasteiger partial charge in [0.25, 0.3) is 0 Å². The number of nitrogens with one attached hydrogen (secondary N) is 1. The van der Waals surface area contributed by atoms with Crippen molar-refractivity contribution in [3.05, 3.63) is 23.9 Å². The molecule has 0 saturated heterocycles. The second-order valence-electron chi connectivity index (χ2n) is 1.66. The monoisotopic (exact) mass is 108 g/mol. The summed E-state index contributed by atoms with van der Waals surface area (Å²) in [6.45, 7) is 2.00. The molecule has 0 radical (unpaired) electrons. The molecule has 1 N–H and O–H groups in total. The highest BCUT2D eigenvalue weighted by Crippen LogP contribution is 1.89. The second kappa shape index (κ2) is 2.31. The Labute approximate surface area is 48.6 Å². The minimum atomic E-state index is 1.16. The lowest BCUT2D eigenvalue weighted by Crippen LogP contribution is -1.90. The zero-order valence-corrected chi connectivity index (χ0v) is 4.76. The standard InChI is InChI=1S/C6H8N2/c1-6-3-2-4-7-8-5-6/h2-5,7H,1H3. The minimum absolute atomic E-state index is 1.16. The SMILES string of the molecule is CC1=CC=CNN=C1. The smallest absolute Gasteiger partial charge is 0.0501 e. The van der Waals surface area contributed by atoms with Gasteiger partial charge in [0.05, 0.1) is 6.21 Å². The highest BCUT2D eigenvalue weighted by molar-refractivity contribution is 5.78. The Morgan fingerprint density at radius 1 is 1.62 bits per heavy atom. The van der Waals surface area contributed by atoms with Gasteiger partial charge in [-0.25, -0.2) is 0 Å². The van der Waals surface area contributed by atoms with E-state index in [1.807, 2.05) is 19.1 Å². The molecule has 42 valence electrons. The Balaban J connectivity index is 2.73. The molecule has 0 aromatic rings. The van der Waals surface area contributed by atoms with Gasteiger partial charge in [-0.05, 0) is 18.6 Å². The molecule has 0 atom stereocenters. The lowest BCUT2D eigenvalue weighted by Gasteiger charge is -1.82. The van der Waals surface area contributed by atoms with Gasteiger partial charge in [0.1, 0.15) is 0 Å². The third-order valence-electron chi connectivity index (χ3n) is 0.873. The first-order valence-electron chi connectivity index (χ1n) is 2.51. The topological polar surface area (TPSA) is 24.4 Å². The minimum Gasteiger partial charge on any atom is -0.286 e. The van der Waals surface area contributed by atoms with Gasteiger partial charge >= 0.3 is 0 Å². The summed E-state index contributed by atoms with van der Waals surface area (Å²) in [6, 6.07) is 0. The number of allylic oxidation sites excluding steroid dienone is 3. The van der Waals surface area contributed by atoms with E-state index in [9.17, 15) is 0 Å². The molecule has 1 rings (SSSR count). The van der Waals surface area contributed by atoms with Crippen LogP contribution in [0.2, 0.25) is 0 Å². The first-order chi connectivity index (χ1) is 3.89. The fourth-order valence-electron chi connectivity index (χ4n) is 0.468. The Bertz CT molecular complexity index is 154. The van der Waals surface area contributed by atoms with Crippen LogP contribution in [0, 0.1) is 0 Å². The van der Waals surface area contributed by atoms with Crippen molar-refractivity contribution in [1.29, 1.82) is 0 Å². The summed E-state index contributed by atoms with van der Waals surface area (Å²) in [7, 11) is 0. The number of hydrazone groups is 1. The molecular formula is C6H8N2. The van der Waals surface area contributed by atoms with E-state index in [1.165, 1.54) is 0 Å². The second-order valence-corrected chi connectivity index (χ2v) is 1.66. The van der Waals surface area contributed by atoms with Crippen LogP contribution in [0.5, 0.6) is 0 Å². The molecule has 1 aliphatic rings. The molecule has 2 heteroatoms. The van der Waals surface area contributed by atoms with Crippen LogP contribution in [-0.2, 0) is 0 Å². The van der Waals surface area contributed by atoms with Crippen molar-refractivity contribution in [1.82, 2.24) is 5.43 Å². The summed E-state index contributed by atoms with van der Waals surface area (Å²) in [5.41, 5.74) is 3.87. The van der Waals surface area contributed by atoms with Crippen LogP contribution in [0.15, 0.2) is 29.0 Å². The predicted octanol–water partition coefficient (Wildman–Crippen LogP) is 1.04. The zero-order chi connectivity index (χ0) is 5.82. The van der Waals surface area contributed by atoms with Crippen molar-refractivity contribution >= 4 is 6.21 Å². The van der Waals surface area contributed by atoms with Crippen LogP contribution in [0.1, 0.15) is 6.92 Å². The summed E-state index contributed by atoms with van der Waals surface area (Å²) in [6.07, 6.45) is 7.47. The molecule has 1 aliphatic heterocycles. The molecule has 8 heavy (non-hydrogen) atoms. The Kier molecular flexibility index (Phi) is 1.47. The van der Waals surface area contributed by atoms with Gasteiger partial charge in [-0.2, -0.15) is 5.10 Å². The van der Waals surface area contributed by atoms with E-state index in [1.54, 1.807) is 12.4 Å². The van der Waals surface area contributed by atoms with Gasteiger partial charge < -0.3 is 0 Å². The van der Waals surface area contributed by atoms with E-state index in [2.05, 4.69) is 10.5 Å². The predicted molar refractivity (Wildman–Crippen MR) is 34.5 cm³/mol. The quantitative estimate of drug-likeness (QED) is 0.492. The maximum atomic E-state index is 3.82. The fourth-order valence-corrected chi connectivity index (χ4v) is 0.468. The number of nitrogens with zero attached hydrogens (tertiary/aromatic N) is 1. The first kappa shape index (κ1) is 5.09. The Morgan fingerprint density at radius 2 is 2.50 bits per heavy atom. The van der Waals surface area contributed by atoms with Gasteiger partial charge in [0.2, 0.25) is 0 Å². The summed E-state index contributed by atoms with van der Waals surface area (Å²) in [5, 5.41) is 3.82. The summed E-state index contributed by atoms with van der Waals surface area (Å²) in [4.78, 5) is 0. The summed E-state index contributed by atoms with van der Waals surface area (Å²) in [5.74, 6) is 0. The van der Waals surface area contributed by atoms with Gasteiger partial charge in [-0.15, -0.1) is 0 Å². The number of hydrogen-bond acceptors (Lipinski definition) is 2. The van der Waals surface area contributed by atoms with Crippen LogP contribution in [0.3, 0.4) is 0 Å². The largest absolute Gasteiger partial charge is 0.286 e. The van der Waals surface area contributed by atoms with E-state index in [4.69, 9.17) is 0 Å². The fraction of sp³-hybridized carbons (Fsp3) is 0.167.